The van der Waals surface area contributed by atoms with Crippen LogP contribution < -0.4 is 0 Å². The summed E-state index contributed by atoms with van der Waals surface area (Å²) in [6.07, 6.45) is 0. The molecule has 0 fully saturated rings. The van der Waals surface area contributed by atoms with Gasteiger partial charge in [0.05, 0.1) is 27.2 Å². The zero-order chi connectivity index (χ0) is 14.5. The number of nitrogens with zero attached hydrogens (tertiary/aromatic N) is 1. The second kappa shape index (κ2) is 6.21. The first-order valence-electron chi connectivity index (χ1n) is 5.83. The third-order valence-corrected chi connectivity index (χ3v) is 4.06. The molecule has 5 nitrogen and oxygen atoms in total. The fourth-order valence-electron chi connectivity index (χ4n) is 1.65. The highest BCUT2D eigenvalue weighted by atomic mass is 32.2. The van der Waals surface area contributed by atoms with Gasteiger partial charge >= 0.3 is 0 Å². The van der Waals surface area contributed by atoms with Crippen molar-refractivity contribution < 1.29 is 9.13 Å². The van der Waals surface area contributed by atoms with Crippen LogP contribution >= 0.6 is 0 Å². The number of nitro benzene ring substituents is 1. The predicted octanol–water partition coefficient (Wildman–Crippen LogP) is 2.77. The van der Waals surface area contributed by atoms with Gasteiger partial charge in [0.2, 0.25) is 0 Å². The SMILES string of the molecule is N=C(CS(=O)c1ccccc1)c1ccc([N+](=O)[O-])cc1. The van der Waals surface area contributed by atoms with Crippen LogP contribution in [0.25, 0.3) is 0 Å². The molecule has 0 aliphatic carbocycles. The van der Waals surface area contributed by atoms with Crippen molar-refractivity contribution in [3.63, 3.8) is 0 Å². The van der Waals surface area contributed by atoms with Crippen LogP contribution in [0.5, 0.6) is 0 Å². The molecular weight excluding hydrogens is 276 g/mol. The molecule has 0 saturated heterocycles. The Hall–Kier alpha value is -2.34. The van der Waals surface area contributed by atoms with Gasteiger partial charge in [-0.05, 0) is 29.8 Å². The Kier molecular flexibility index (Phi) is 4.37. The summed E-state index contributed by atoms with van der Waals surface area (Å²) < 4.78 is 12.1. The van der Waals surface area contributed by atoms with E-state index in [4.69, 9.17) is 5.41 Å². The van der Waals surface area contributed by atoms with Gasteiger partial charge < -0.3 is 5.41 Å². The monoisotopic (exact) mass is 288 g/mol. The van der Waals surface area contributed by atoms with Crippen LogP contribution in [0.3, 0.4) is 0 Å². The molecule has 6 heteroatoms. The van der Waals surface area contributed by atoms with Crippen LogP contribution in [-0.2, 0) is 10.8 Å². The van der Waals surface area contributed by atoms with Crippen molar-refractivity contribution in [2.24, 2.45) is 0 Å². The standard InChI is InChI=1S/C14H12N2O3S/c15-14(10-20(19)13-4-2-1-3-5-13)11-6-8-12(9-7-11)16(17)18/h1-9,15H,10H2. The number of hydrogen-bond acceptors (Lipinski definition) is 4. The van der Waals surface area contributed by atoms with Crippen LogP contribution in [-0.4, -0.2) is 20.6 Å². The van der Waals surface area contributed by atoms with Crippen LogP contribution in [0.1, 0.15) is 5.56 Å². The fraction of sp³-hybridized carbons (Fsp3) is 0.0714. The Morgan fingerprint density at radius 1 is 1.10 bits per heavy atom. The molecule has 20 heavy (non-hydrogen) atoms. The summed E-state index contributed by atoms with van der Waals surface area (Å²) in [5, 5.41) is 18.5. The van der Waals surface area contributed by atoms with Crippen molar-refractivity contribution in [1.82, 2.24) is 0 Å². The van der Waals surface area contributed by atoms with E-state index in [9.17, 15) is 14.3 Å². The van der Waals surface area contributed by atoms with Gasteiger partial charge in [-0.2, -0.15) is 0 Å². The third-order valence-electron chi connectivity index (χ3n) is 2.71. The number of nitro groups is 1. The number of hydrogen-bond donors (Lipinski definition) is 1. The average Bonchev–Trinajstić information content (AvgIpc) is 2.48. The van der Waals surface area contributed by atoms with Crippen molar-refractivity contribution in [1.29, 1.82) is 5.41 Å². The number of rotatable bonds is 5. The predicted molar refractivity (Wildman–Crippen MR) is 77.6 cm³/mol. The molecule has 2 aromatic carbocycles. The first-order valence-corrected chi connectivity index (χ1v) is 7.15. The van der Waals surface area contributed by atoms with E-state index in [-0.39, 0.29) is 17.2 Å². The van der Waals surface area contributed by atoms with Gasteiger partial charge in [0, 0.05) is 17.0 Å². The maximum Gasteiger partial charge on any atom is 0.269 e. The zero-order valence-corrected chi connectivity index (χ0v) is 11.3. The first kappa shape index (κ1) is 14.1. The van der Waals surface area contributed by atoms with E-state index in [1.54, 1.807) is 24.3 Å². The van der Waals surface area contributed by atoms with Crippen LogP contribution in [0, 0.1) is 15.5 Å². The highest BCUT2D eigenvalue weighted by Gasteiger charge is 2.11. The second-order valence-corrected chi connectivity index (χ2v) is 5.54. The molecule has 1 N–H and O–H groups in total. The molecule has 1 unspecified atom stereocenters. The Morgan fingerprint density at radius 3 is 2.25 bits per heavy atom. The molecule has 2 rings (SSSR count). The first-order chi connectivity index (χ1) is 9.58. The summed E-state index contributed by atoms with van der Waals surface area (Å²) >= 11 is 0. The summed E-state index contributed by atoms with van der Waals surface area (Å²) in [4.78, 5) is 10.7. The average molecular weight is 288 g/mol. The van der Waals surface area contributed by atoms with Gasteiger partial charge in [0.25, 0.3) is 5.69 Å². The van der Waals surface area contributed by atoms with E-state index < -0.39 is 15.7 Å². The molecule has 0 heterocycles. The van der Waals surface area contributed by atoms with Gasteiger partial charge in [-0.3, -0.25) is 14.3 Å². The number of benzene rings is 2. The minimum Gasteiger partial charge on any atom is -0.304 e. The maximum atomic E-state index is 12.1. The summed E-state index contributed by atoms with van der Waals surface area (Å²) in [5.74, 6) is 0.0851. The molecule has 0 saturated carbocycles. The number of nitrogens with one attached hydrogen (secondary N) is 1. The van der Waals surface area contributed by atoms with E-state index in [0.717, 1.165) is 0 Å². The Bertz CT molecular complexity index is 654. The molecule has 0 spiro atoms. The Labute approximate surface area is 118 Å². The lowest BCUT2D eigenvalue weighted by Gasteiger charge is -2.04. The van der Waals surface area contributed by atoms with Gasteiger partial charge in [-0.25, -0.2) is 0 Å². The molecule has 0 aliphatic rings. The molecule has 0 bridgehead atoms. The molecule has 0 radical (unpaired) electrons. The van der Waals surface area contributed by atoms with Crippen molar-refractivity contribution in [3.8, 4) is 0 Å². The van der Waals surface area contributed by atoms with E-state index in [1.165, 1.54) is 24.3 Å². The van der Waals surface area contributed by atoms with Crippen molar-refractivity contribution in [3.05, 3.63) is 70.3 Å². The molecule has 102 valence electrons. The molecule has 0 aromatic heterocycles. The summed E-state index contributed by atoms with van der Waals surface area (Å²) in [6.45, 7) is 0. The Balaban J connectivity index is 2.08. The van der Waals surface area contributed by atoms with Gasteiger partial charge in [-0.1, -0.05) is 18.2 Å². The van der Waals surface area contributed by atoms with E-state index in [1.807, 2.05) is 6.07 Å². The molecule has 0 aliphatic heterocycles. The van der Waals surface area contributed by atoms with Crippen LogP contribution in [0.2, 0.25) is 0 Å². The lowest BCUT2D eigenvalue weighted by Crippen LogP contribution is -2.11. The van der Waals surface area contributed by atoms with E-state index >= 15 is 0 Å². The summed E-state index contributed by atoms with van der Waals surface area (Å²) in [6, 6.07) is 14.6. The normalized spacial score (nSPS) is 11.8. The van der Waals surface area contributed by atoms with Gasteiger partial charge in [0.15, 0.2) is 0 Å². The topological polar surface area (TPSA) is 84.1 Å². The fourth-order valence-corrected chi connectivity index (χ4v) is 2.71. The summed E-state index contributed by atoms with van der Waals surface area (Å²) in [5.41, 5.74) is 0.715. The quantitative estimate of drug-likeness (QED) is 0.521. The lowest BCUT2D eigenvalue weighted by atomic mass is 10.1. The van der Waals surface area contributed by atoms with Crippen molar-refractivity contribution >= 4 is 22.2 Å². The molecule has 2 aromatic rings. The van der Waals surface area contributed by atoms with Crippen molar-refractivity contribution in [2.45, 2.75) is 4.90 Å². The van der Waals surface area contributed by atoms with Crippen LogP contribution in [0.4, 0.5) is 5.69 Å². The number of non-ortho nitro benzene ring substituents is 1. The highest BCUT2D eigenvalue weighted by molar-refractivity contribution is 7.85. The van der Waals surface area contributed by atoms with Gasteiger partial charge in [-0.15, -0.1) is 0 Å². The third kappa shape index (κ3) is 3.36. The second-order valence-electron chi connectivity index (χ2n) is 4.09. The molecule has 1 atom stereocenters. The summed E-state index contributed by atoms with van der Waals surface area (Å²) in [7, 11) is -1.29. The maximum absolute atomic E-state index is 12.1. The molecular formula is C14H12N2O3S. The molecule has 0 amide bonds. The van der Waals surface area contributed by atoms with E-state index in [2.05, 4.69) is 0 Å². The van der Waals surface area contributed by atoms with Crippen molar-refractivity contribution in [2.75, 3.05) is 5.75 Å². The van der Waals surface area contributed by atoms with Crippen LogP contribution in [0.15, 0.2) is 59.5 Å². The highest BCUT2D eigenvalue weighted by Crippen LogP contribution is 2.14. The minimum absolute atomic E-state index is 0.0225. The van der Waals surface area contributed by atoms with E-state index in [0.29, 0.717) is 10.5 Å². The Morgan fingerprint density at radius 2 is 1.70 bits per heavy atom. The lowest BCUT2D eigenvalue weighted by molar-refractivity contribution is -0.384. The largest absolute Gasteiger partial charge is 0.304 e. The minimum atomic E-state index is -1.29. The zero-order valence-electron chi connectivity index (χ0n) is 10.5. The smallest absolute Gasteiger partial charge is 0.269 e. The van der Waals surface area contributed by atoms with Gasteiger partial charge in [0.1, 0.15) is 0 Å².